The van der Waals surface area contributed by atoms with Gasteiger partial charge in [0.05, 0.1) is 23.6 Å². The van der Waals surface area contributed by atoms with Gasteiger partial charge in [-0.2, -0.15) is 0 Å². The van der Waals surface area contributed by atoms with E-state index >= 15 is 0 Å². The van der Waals surface area contributed by atoms with Crippen LogP contribution in [-0.2, 0) is 16.4 Å². The highest BCUT2D eigenvalue weighted by Crippen LogP contribution is 2.37. The lowest BCUT2D eigenvalue weighted by Gasteiger charge is -2.23. The Morgan fingerprint density at radius 1 is 1.11 bits per heavy atom. The first-order valence-electron chi connectivity index (χ1n) is 8.57. The van der Waals surface area contributed by atoms with Gasteiger partial charge in [-0.1, -0.05) is 29.8 Å². The van der Waals surface area contributed by atoms with Gasteiger partial charge in [0.1, 0.15) is 0 Å². The van der Waals surface area contributed by atoms with E-state index in [0.717, 1.165) is 16.1 Å². The molecule has 2 aliphatic heterocycles. The molecule has 2 amide bonds. The van der Waals surface area contributed by atoms with Crippen LogP contribution in [0.3, 0.4) is 0 Å². The molecular weight excluding hydrogens is 404 g/mol. The van der Waals surface area contributed by atoms with Crippen molar-refractivity contribution in [1.82, 2.24) is 4.90 Å². The molecule has 2 heterocycles. The van der Waals surface area contributed by atoms with Gasteiger partial charge in [-0.25, -0.2) is 13.2 Å². The van der Waals surface area contributed by atoms with Crippen LogP contribution in [0, 0.1) is 0 Å². The second-order valence-electron chi connectivity index (χ2n) is 6.82. The minimum Gasteiger partial charge on any atom is -0.314 e. The molecule has 2 aliphatic rings. The van der Waals surface area contributed by atoms with Crippen LogP contribution in [-0.4, -0.2) is 49.2 Å². The van der Waals surface area contributed by atoms with Gasteiger partial charge in [0, 0.05) is 22.2 Å². The van der Waals surface area contributed by atoms with Crippen molar-refractivity contribution in [1.29, 1.82) is 0 Å². The molecular formula is C19H19ClN2O3S2. The smallest absolute Gasteiger partial charge is 0.314 e. The monoisotopic (exact) mass is 422 g/mol. The summed E-state index contributed by atoms with van der Waals surface area (Å²) in [6.07, 6.45) is 1.97. The standard InChI is InChI=1S/C19H19ClN2O3S2/c1-26-16-7-3-6-15(9-16)22-18-12-27(24,25)11-17(18)21(19(22)23)10-13-4-2-5-14(20)8-13/h2-9,17-18H,10-12H2,1H3/t17-,18-/m0/s1. The average Bonchev–Trinajstić information content (AvgIpc) is 3.06. The number of hydrogen-bond acceptors (Lipinski definition) is 4. The maximum Gasteiger partial charge on any atom is 0.325 e. The number of benzene rings is 2. The van der Waals surface area contributed by atoms with Crippen molar-refractivity contribution in [2.45, 2.75) is 23.5 Å². The number of halogens is 1. The highest BCUT2D eigenvalue weighted by atomic mass is 35.5. The molecule has 4 rings (SSSR count). The van der Waals surface area contributed by atoms with E-state index in [2.05, 4.69) is 0 Å². The summed E-state index contributed by atoms with van der Waals surface area (Å²) >= 11 is 7.66. The topological polar surface area (TPSA) is 57.7 Å². The summed E-state index contributed by atoms with van der Waals surface area (Å²) in [6, 6.07) is 14.1. The minimum atomic E-state index is -3.19. The van der Waals surface area contributed by atoms with Crippen molar-refractivity contribution in [3.63, 3.8) is 0 Å². The summed E-state index contributed by atoms with van der Waals surface area (Å²) in [5.74, 6) is 0.00163. The fourth-order valence-electron chi connectivity index (χ4n) is 3.86. The van der Waals surface area contributed by atoms with Crippen LogP contribution in [0.1, 0.15) is 5.56 Å². The van der Waals surface area contributed by atoms with Crippen LogP contribution in [0.5, 0.6) is 0 Å². The van der Waals surface area contributed by atoms with E-state index < -0.39 is 9.84 Å². The predicted molar refractivity (Wildman–Crippen MR) is 109 cm³/mol. The number of hydrogen-bond donors (Lipinski definition) is 0. The van der Waals surface area contributed by atoms with Gasteiger partial charge in [0.25, 0.3) is 0 Å². The van der Waals surface area contributed by atoms with Gasteiger partial charge in [0.15, 0.2) is 9.84 Å². The molecule has 0 unspecified atom stereocenters. The molecule has 5 nitrogen and oxygen atoms in total. The third-order valence-electron chi connectivity index (χ3n) is 5.05. The van der Waals surface area contributed by atoms with E-state index in [9.17, 15) is 13.2 Å². The number of anilines is 1. The van der Waals surface area contributed by atoms with Crippen LogP contribution in [0.25, 0.3) is 0 Å². The average molecular weight is 423 g/mol. The molecule has 0 radical (unpaired) electrons. The molecule has 142 valence electrons. The SMILES string of the molecule is CSc1cccc(N2C(=O)N(Cc3cccc(Cl)c3)[C@H]3CS(=O)(=O)C[C@@H]32)c1. The molecule has 0 bridgehead atoms. The number of amides is 2. The second kappa shape index (κ2) is 7.04. The fraction of sp³-hybridized carbons (Fsp3) is 0.316. The number of urea groups is 1. The molecule has 2 atom stereocenters. The Hall–Kier alpha value is -1.70. The van der Waals surface area contributed by atoms with E-state index in [1.54, 1.807) is 27.6 Å². The quantitative estimate of drug-likeness (QED) is 0.557. The molecule has 0 N–H and O–H groups in total. The van der Waals surface area contributed by atoms with E-state index in [-0.39, 0.29) is 29.6 Å². The number of fused-ring (bicyclic) bond motifs is 1. The fourth-order valence-corrected chi connectivity index (χ4v) is 6.47. The number of carbonyl (C=O) groups is 1. The lowest BCUT2D eigenvalue weighted by molar-refractivity contribution is 0.206. The van der Waals surface area contributed by atoms with Gasteiger partial charge < -0.3 is 4.90 Å². The zero-order valence-electron chi connectivity index (χ0n) is 14.7. The largest absolute Gasteiger partial charge is 0.325 e. The first-order valence-corrected chi connectivity index (χ1v) is 12.0. The Morgan fingerprint density at radius 2 is 1.85 bits per heavy atom. The summed E-state index contributed by atoms with van der Waals surface area (Å²) in [6.45, 7) is 0.342. The van der Waals surface area contributed by atoms with Crippen molar-refractivity contribution in [3.8, 4) is 0 Å². The maximum atomic E-state index is 13.2. The summed E-state index contributed by atoms with van der Waals surface area (Å²) in [7, 11) is -3.19. The van der Waals surface area contributed by atoms with Crippen molar-refractivity contribution in [3.05, 3.63) is 59.1 Å². The predicted octanol–water partition coefficient (Wildman–Crippen LogP) is 3.67. The third kappa shape index (κ3) is 3.56. The first-order chi connectivity index (χ1) is 12.9. The second-order valence-corrected chi connectivity index (χ2v) is 10.3. The summed E-state index contributed by atoms with van der Waals surface area (Å²) in [5.41, 5.74) is 1.63. The van der Waals surface area contributed by atoms with Crippen LogP contribution in [0.15, 0.2) is 53.4 Å². The molecule has 0 aromatic heterocycles. The molecule has 27 heavy (non-hydrogen) atoms. The third-order valence-corrected chi connectivity index (χ3v) is 7.71. The lowest BCUT2D eigenvalue weighted by atomic mass is 10.1. The van der Waals surface area contributed by atoms with Crippen LogP contribution >= 0.6 is 23.4 Å². The van der Waals surface area contributed by atoms with Crippen LogP contribution < -0.4 is 4.90 Å². The molecule has 0 saturated carbocycles. The van der Waals surface area contributed by atoms with Gasteiger partial charge >= 0.3 is 6.03 Å². The van der Waals surface area contributed by atoms with E-state index in [4.69, 9.17) is 11.6 Å². The van der Waals surface area contributed by atoms with Crippen molar-refractivity contribution in [2.24, 2.45) is 0 Å². The number of sulfone groups is 1. The molecule has 2 aromatic carbocycles. The highest BCUT2D eigenvalue weighted by Gasteiger charge is 2.53. The Morgan fingerprint density at radius 3 is 2.59 bits per heavy atom. The molecule has 2 aromatic rings. The van der Waals surface area contributed by atoms with Crippen molar-refractivity contribution >= 4 is 44.9 Å². The zero-order chi connectivity index (χ0) is 19.2. The summed E-state index contributed by atoms with van der Waals surface area (Å²) < 4.78 is 24.6. The molecule has 2 fully saturated rings. The van der Waals surface area contributed by atoms with Crippen molar-refractivity contribution in [2.75, 3.05) is 22.7 Å². The molecule has 2 saturated heterocycles. The first kappa shape index (κ1) is 18.7. The summed E-state index contributed by atoms with van der Waals surface area (Å²) in [4.78, 5) is 17.6. The van der Waals surface area contributed by atoms with Crippen LogP contribution in [0.4, 0.5) is 10.5 Å². The number of nitrogens with zero attached hydrogens (tertiary/aromatic N) is 2. The van der Waals surface area contributed by atoms with Gasteiger partial charge in [-0.3, -0.25) is 4.90 Å². The van der Waals surface area contributed by atoms with Crippen molar-refractivity contribution < 1.29 is 13.2 Å². The number of rotatable bonds is 4. The molecule has 0 spiro atoms. The molecule has 8 heteroatoms. The highest BCUT2D eigenvalue weighted by molar-refractivity contribution is 7.98. The van der Waals surface area contributed by atoms with Gasteiger partial charge in [-0.05, 0) is 42.2 Å². The van der Waals surface area contributed by atoms with Gasteiger partial charge in [0.2, 0.25) is 0 Å². The number of carbonyl (C=O) groups excluding carboxylic acids is 1. The van der Waals surface area contributed by atoms with E-state index in [1.807, 2.05) is 48.7 Å². The Bertz CT molecular complexity index is 996. The van der Waals surface area contributed by atoms with Gasteiger partial charge in [-0.15, -0.1) is 11.8 Å². The number of thioether (sulfide) groups is 1. The lowest BCUT2D eigenvalue weighted by Crippen LogP contribution is -2.37. The van der Waals surface area contributed by atoms with Crippen LogP contribution in [0.2, 0.25) is 5.02 Å². The normalized spacial score (nSPS) is 23.7. The zero-order valence-corrected chi connectivity index (χ0v) is 17.1. The Balaban J connectivity index is 1.71. The van der Waals surface area contributed by atoms with E-state index in [1.165, 1.54) is 0 Å². The Labute approximate surface area is 168 Å². The maximum absolute atomic E-state index is 13.2. The summed E-state index contributed by atoms with van der Waals surface area (Å²) in [5, 5.41) is 0.597. The molecule has 0 aliphatic carbocycles. The Kier molecular flexibility index (Phi) is 4.86. The minimum absolute atomic E-state index is 0.00104. The van der Waals surface area contributed by atoms with E-state index in [0.29, 0.717) is 11.6 Å².